The topological polar surface area (TPSA) is 47.7 Å². The van der Waals surface area contributed by atoms with Crippen molar-refractivity contribution in [2.75, 3.05) is 26.7 Å². The lowest BCUT2D eigenvalue weighted by Crippen LogP contribution is -2.18. The Morgan fingerprint density at radius 3 is 2.24 bits per heavy atom. The number of likely N-dealkylation sites (tertiary alicyclic amines) is 1. The number of nitrogens with zero attached hydrogens (tertiary/aromatic N) is 1. The molecule has 196 valence electrons. The maximum Gasteiger partial charge on any atom is 0.123 e. The van der Waals surface area contributed by atoms with Crippen molar-refractivity contribution in [1.29, 1.82) is 0 Å². The maximum absolute atomic E-state index is 6.20. The number of hydrogen-bond acceptors (Lipinski definition) is 4. The van der Waals surface area contributed by atoms with E-state index in [9.17, 15) is 0 Å². The smallest absolute Gasteiger partial charge is 0.123 e. The Morgan fingerprint density at radius 1 is 0.763 bits per heavy atom. The van der Waals surface area contributed by atoms with Crippen molar-refractivity contribution in [2.45, 2.75) is 38.8 Å². The van der Waals surface area contributed by atoms with E-state index < -0.39 is 0 Å². The lowest BCUT2D eigenvalue weighted by Gasteiger charge is -2.18. The van der Waals surface area contributed by atoms with Crippen LogP contribution in [-0.4, -0.2) is 31.6 Å². The maximum atomic E-state index is 6.20. The molecule has 0 aromatic heterocycles. The largest absolute Gasteiger partial charge is 0.496 e. The monoisotopic (exact) mass is 506 g/mol. The molecule has 0 radical (unpaired) electrons. The molecule has 4 aromatic carbocycles. The molecule has 0 bridgehead atoms. The third-order valence-corrected chi connectivity index (χ3v) is 7.37. The summed E-state index contributed by atoms with van der Waals surface area (Å²) >= 11 is 0. The van der Waals surface area contributed by atoms with Crippen molar-refractivity contribution in [2.24, 2.45) is 5.73 Å². The summed E-state index contributed by atoms with van der Waals surface area (Å²) in [6.07, 6.45) is 4.29. The third kappa shape index (κ3) is 6.63. The highest BCUT2D eigenvalue weighted by atomic mass is 16.5. The van der Waals surface area contributed by atoms with Gasteiger partial charge in [0.15, 0.2) is 0 Å². The van der Waals surface area contributed by atoms with Gasteiger partial charge in [-0.05, 0) is 96.9 Å². The molecule has 0 atom stereocenters. The van der Waals surface area contributed by atoms with Crippen LogP contribution in [0.5, 0.6) is 11.5 Å². The number of ether oxygens (including phenoxy) is 2. The molecule has 1 aliphatic heterocycles. The quantitative estimate of drug-likeness (QED) is 0.248. The second-order valence-corrected chi connectivity index (χ2v) is 10.1. The minimum absolute atomic E-state index is 0.546. The van der Waals surface area contributed by atoms with Gasteiger partial charge >= 0.3 is 0 Å². The minimum atomic E-state index is 0.546. The van der Waals surface area contributed by atoms with E-state index in [1.807, 2.05) is 18.2 Å². The van der Waals surface area contributed by atoms with Crippen LogP contribution in [0.3, 0.4) is 0 Å². The van der Waals surface area contributed by atoms with Gasteiger partial charge in [0.25, 0.3) is 0 Å². The number of nitrogens with two attached hydrogens (primary N) is 1. The van der Waals surface area contributed by atoms with E-state index in [0.29, 0.717) is 13.2 Å². The van der Waals surface area contributed by atoms with Crippen LogP contribution in [0.1, 0.15) is 40.7 Å². The molecule has 4 aromatic rings. The van der Waals surface area contributed by atoms with Crippen LogP contribution in [0.2, 0.25) is 0 Å². The highest BCUT2D eigenvalue weighted by Gasteiger charge is 2.15. The fourth-order valence-corrected chi connectivity index (χ4v) is 5.26. The highest BCUT2D eigenvalue weighted by Crippen LogP contribution is 2.32. The molecule has 1 fully saturated rings. The van der Waals surface area contributed by atoms with Crippen LogP contribution >= 0.6 is 0 Å². The van der Waals surface area contributed by atoms with Crippen molar-refractivity contribution < 1.29 is 9.47 Å². The van der Waals surface area contributed by atoms with Crippen LogP contribution in [0.4, 0.5) is 0 Å². The number of benzene rings is 4. The van der Waals surface area contributed by atoms with Gasteiger partial charge in [-0.3, -0.25) is 4.90 Å². The lowest BCUT2D eigenvalue weighted by molar-refractivity contribution is 0.306. The van der Waals surface area contributed by atoms with Crippen LogP contribution in [0, 0.1) is 0 Å². The summed E-state index contributed by atoms with van der Waals surface area (Å²) < 4.78 is 12.0. The van der Waals surface area contributed by atoms with E-state index in [2.05, 4.69) is 77.7 Å². The van der Waals surface area contributed by atoms with Gasteiger partial charge in [-0.25, -0.2) is 0 Å². The lowest BCUT2D eigenvalue weighted by atomic mass is 9.93. The Balaban J connectivity index is 1.41. The van der Waals surface area contributed by atoms with Crippen molar-refractivity contribution in [3.8, 4) is 22.6 Å². The normalized spacial score (nSPS) is 13.5. The van der Waals surface area contributed by atoms with Gasteiger partial charge < -0.3 is 15.2 Å². The second-order valence-electron chi connectivity index (χ2n) is 10.1. The predicted molar refractivity (Wildman–Crippen MR) is 156 cm³/mol. The Labute approximate surface area is 227 Å². The van der Waals surface area contributed by atoms with Crippen molar-refractivity contribution >= 4 is 0 Å². The van der Waals surface area contributed by atoms with Gasteiger partial charge in [0.05, 0.1) is 7.11 Å². The average Bonchev–Trinajstić information content (AvgIpc) is 3.48. The molecule has 2 N–H and O–H groups in total. The third-order valence-electron chi connectivity index (χ3n) is 7.37. The second kappa shape index (κ2) is 12.8. The van der Waals surface area contributed by atoms with E-state index in [0.717, 1.165) is 36.4 Å². The first-order chi connectivity index (χ1) is 18.7. The molecule has 4 heteroatoms. The predicted octanol–water partition coefficient (Wildman–Crippen LogP) is 6.63. The van der Waals surface area contributed by atoms with Gasteiger partial charge in [-0.1, -0.05) is 72.8 Å². The first kappa shape index (κ1) is 26.0. The molecule has 1 saturated heterocycles. The SMILES string of the molecule is COc1cc(Cc2ccc(OCc3ccccc3)cc2-c2ccc(CCN)cc2)ccc1CN1CCCC1. The minimum Gasteiger partial charge on any atom is -0.496 e. The van der Waals surface area contributed by atoms with Crippen LogP contribution in [0.25, 0.3) is 11.1 Å². The van der Waals surface area contributed by atoms with Crippen molar-refractivity contribution in [1.82, 2.24) is 4.90 Å². The zero-order chi connectivity index (χ0) is 26.2. The van der Waals surface area contributed by atoms with Gasteiger partial charge in [0.2, 0.25) is 0 Å². The Bertz CT molecular complexity index is 1310. The number of rotatable bonds is 11. The van der Waals surface area contributed by atoms with Crippen molar-refractivity contribution in [3.05, 3.63) is 119 Å². The average molecular weight is 507 g/mol. The standard InChI is InChI=1S/C34H38N2O2/c1-37-34-22-28(11-14-31(34)24-36-19-5-6-20-36)21-30-15-16-32(38-25-27-7-3-2-4-8-27)23-33(30)29-12-9-26(10-13-29)17-18-35/h2-4,7-16,22-23H,5-6,17-21,24-25,35H2,1H3. The summed E-state index contributed by atoms with van der Waals surface area (Å²) in [5.41, 5.74) is 14.3. The molecule has 0 unspecified atom stereocenters. The van der Waals surface area contributed by atoms with Gasteiger partial charge in [-0.2, -0.15) is 0 Å². The Morgan fingerprint density at radius 2 is 1.50 bits per heavy atom. The fourth-order valence-electron chi connectivity index (χ4n) is 5.26. The molecule has 0 spiro atoms. The number of hydrogen-bond donors (Lipinski definition) is 1. The van der Waals surface area contributed by atoms with Crippen LogP contribution in [-0.2, 0) is 26.0 Å². The molecule has 38 heavy (non-hydrogen) atoms. The zero-order valence-electron chi connectivity index (χ0n) is 22.4. The summed E-state index contributed by atoms with van der Waals surface area (Å²) in [7, 11) is 1.78. The van der Waals surface area contributed by atoms with E-state index in [-0.39, 0.29) is 0 Å². The fraction of sp³-hybridized carbons (Fsp3) is 0.294. The summed E-state index contributed by atoms with van der Waals surface area (Å²) in [4.78, 5) is 2.51. The van der Waals surface area contributed by atoms with Crippen molar-refractivity contribution in [3.63, 3.8) is 0 Å². The van der Waals surface area contributed by atoms with Gasteiger partial charge in [0.1, 0.15) is 18.1 Å². The van der Waals surface area contributed by atoms with Crippen LogP contribution in [0.15, 0.2) is 91.0 Å². The zero-order valence-corrected chi connectivity index (χ0v) is 22.4. The first-order valence-corrected chi connectivity index (χ1v) is 13.7. The highest BCUT2D eigenvalue weighted by molar-refractivity contribution is 5.70. The summed E-state index contributed by atoms with van der Waals surface area (Å²) in [6, 6.07) is 32.2. The summed E-state index contributed by atoms with van der Waals surface area (Å²) in [5, 5.41) is 0. The molecule has 1 aliphatic rings. The molecule has 0 saturated carbocycles. The Hall–Kier alpha value is -3.60. The Kier molecular flexibility index (Phi) is 8.75. The van der Waals surface area contributed by atoms with E-state index in [1.165, 1.54) is 59.3 Å². The first-order valence-electron chi connectivity index (χ1n) is 13.7. The molecule has 0 amide bonds. The molecule has 0 aliphatic carbocycles. The van der Waals surface area contributed by atoms with Gasteiger partial charge in [-0.15, -0.1) is 0 Å². The van der Waals surface area contributed by atoms with Gasteiger partial charge in [0, 0.05) is 12.1 Å². The molecule has 4 nitrogen and oxygen atoms in total. The van der Waals surface area contributed by atoms with E-state index in [1.54, 1.807) is 7.11 Å². The van der Waals surface area contributed by atoms with E-state index >= 15 is 0 Å². The summed E-state index contributed by atoms with van der Waals surface area (Å²) in [5.74, 6) is 1.85. The molecular formula is C34H38N2O2. The van der Waals surface area contributed by atoms with Crippen LogP contribution < -0.4 is 15.2 Å². The van der Waals surface area contributed by atoms with E-state index in [4.69, 9.17) is 15.2 Å². The summed E-state index contributed by atoms with van der Waals surface area (Å²) in [6.45, 7) is 4.51. The molecular weight excluding hydrogens is 468 g/mol. The molecule has 5 rings (SSSR count). The number of methoxy groups -OCH3 is 1. The molecule has 1 heterocycles.